The van der Waals surface area contributed by atoms with E-state index >= 15 is 0 Å². The Balaban J connectivity index is 1.61. The van der Waals surface area contributed by atoms with Gasteiger partial charge in [-0.3, -0.25) is 9.69 Å². The summed E-state index contributed by atoms with van der Waals surface area (Å²) in [5, 5.41) is 0. The van der Waals surface area contributed by atoms with Crippen LogP contribution in [0.4, 0.5) is 10.6 Å². The number of hydrogen-bond acceptors (Lipinski definition) is 5. The van der Waals surface area contributed by atoms with Crippen LogP contribution in [0, 0.1) is 0 Å². The normalized spacial score (nSPS) is 21.0. The number of nitrogens with one attached hydrogen (secondary N) is 1. The van der Waals surface area contributed by atoms with Crippen LogP contribution in [0.3, 0.4) is 0 Å². The third kappa shape index (κ3) is 1.77. The Bertz CT molecular complexity index is 792. The van der Waals surface area contributed by atoms with E-state index < -0.39 is 5.54 Å². The molecule has 0 unspecified atom stereocenters. The van der Waals surface area contributed by atoms with Crippen molar-refractivity contribution in [2.24, 2.45) is 0 Å². The minimum atomic E-state index is -0.704. The lowest BCUT2D eigenvalue weighted by Crippen LogP contribution is -2.55. The summed E-state index contributed by atoms with van der Waals surface area (Å²) < 4.78 is 0. The summed E-state index contributed by atoms with van der Waals surface area (Å²) in [5.41, 5.74) is 1.08. The van der Waals surface area contributed by atoms with Gasteiger partial charge in [-0.05, 0) is 18.9 Å². The number of aromatic nitrogens is 3. The van der Waals surface area contributed by atoms with Gasteiger partial charge < -0.3 is 14.8 Å². The molecule has 4 rings (SSSR count). The van der Waals surface area contributed by atoms with Gasteiger partial charge in [0.1, 0.15) is 17.4 Å². The van der Waals surface area contributed by atoms with E-state index in [1.807, 2.05) is 12.3 Å². The van der Waals surface area contributed by atoms with Crippen LogP contribution in [0.1, 0.15) is 12.8 Å². The first kappa shape index (κ1) is 14.0. The number of hydrogen-bond donors (Lipinski definition) is 1. The standard InChI is InChI=1S/C15H18N6O2/c1-19-13(22)15(20(2)14(19)23)4-7-21(8-5-15)12-11-10(3-6-16-11)17-9-18-12/h3,6,9,16H,4-5,7-8H2,1-2H3. The van der Waals surface area contributed by atoms with Crippen LogP contribution >= 0.6 is 0 Å². The lowest BCUT2D eigenvalue weighted by Gasteiger charge is -2.41. The predicted molar refractivity (Wildman–Crippen MR) is 84.0 cm³/mol. The number of rotatable bonds is 1. The third-order valence-corrected chi connectivity index (χ3v) is 5.13. The second-order valence-corrected chi connectivity index (χ2v) is 6.16. The lowest BCUT2D eigenvalue weighted by molar-refractivity contribution is -0.133. The number of nitrogens with zero attached hydrogens (tertiary/aromatic N) is 5. The van der Waals surface area contributed by atoms with E-state index in [0.29, 0.717) is 25.9 Å². The molecule has 0 atom stereocenters. The van der Waals surface area contributed by atoms with Crippen LogP contribution in [0.15, 0.2) is 18.6 Å². The molecule has 0 radical (unpaired) electrons. The van der Waals surface area contributed by atoms with E-state index in [9.17, 15) is 9.59 Å². The molecule has 2 aliphatic rings. The molecule has 2 aromatic heterocycles. The van der Waals surface area contributed by atoms with Gasteiger partial charge in [0.05, 0.1) is 5.52 Å². The number of aromatic amines is 1. The number of piperidine rings is 1. The fourth-order valence-electron chi connectivity index (χ4n) is 3.69. The molecule has 8 nitrogen and oxygen atoms in total. The van der Waals surface area contributed by atoms with Crippen molar-refractivity contribution in [3.63, 3.8) is 0 Å². The number of amides is 3. The fourth-order valence-corrected chi connectivity index (χ4v) is 3.69. The molecule has 4 heterocycles. The first-order valence-corrected chi connectivity index (χ1v) is 7.63. The van der Waals surface area contributed by atoms with Crippen molar-refractivity contribution in [2.75, 3.05) is 32.1 Å². The van der Waals surface area contributed by atoms with Crippen LogP contribution in [-0.2, 0) is 4.79 Å². The molecule has 3 amide bonds. The smallest absolute Gasteiger partial charge is 0.327 e. The molecule has 0 bridgehead atoms. The summed E-state index contributed by atoms with van der Waals surface area (Å²) in [4.78, 5) is 41.4. The van der Waals surface area contributed by atoms with Crippen LogP contribution in [0.25, 0.3) is 11.0 Å². The molecule has 1 spiro atoms. The Hall–Kier alpha value is -2.64. The maximum atomic E-state index is 12.5. The molecular formula is C15H18N6O2. The van der Waals surface area contributed by atoms with Gasteiger partial charge >= 0.3 is 6.03 Å². The predicted octanol–water partition coefficient (Wildman–Crippen LogP) is 0.821. The van der Waals surface area contributed by atoms with Gasteiger partial charge in [-0.25, -0.2) is 14.8 Å². The summed E-state index contributed by atoms with van der Waals surface area (Å²) in [7, 11) is 3.27. The molecule has 0 saturated carbocycles. The Morgan fingerprint density at radius 1 is 1.17 bits per heavy atom. The number of carbonyl (C=O) groups excluding carboxylic acids is 2. The molecule has 2 aliphatic heterocycles. The highest BCUT2D eigenvalue weighted by Crippen LogP contribution is 2.37. The molecule has 2 fully saturated rings. The number of H-pyrrole nitrogens is 1. The maximum absolute atomic E-state index is 12.5. The number of anilines is 1. The summed E-state index contributed by atoms with van der Waals surface area (Å²) in [6, 6.07) is 1.69. The van der Waals surface area contributed by atoms with Crippen molar-refractivity contribution in [3.05, 3.63) is 18.6 Å². The number of fused-ring (bicyclic) bond motifs is 1. The van der Waals surface area contributed by atoms with Gasteiger partial charge in [0, 0.05) is 33.4 Å². The van der Waals surface area contributed by atoms with Crippen molar-refractivity contribution < 1.29 is 9.59 Å². The van der Waals surface area contributed by atoms with Crippen molar-refractivity contribution >= 4 is 28.8 Å². The topological polar surface area (TPSA) is 85.4 Å². The van der Waals surface area contributed by atoms with Crippen molar-refractivity contribution in [3.8, 4) is 0 Å². The van der Waals surface area contributed by atoms with E-state index in [1.165, 1.54) is 4.90 Å². The lowest BCUT2D eigenvalue weighted by atomic mass is 9.86. The molecule has 2 saturated heterocycles. The monoisotopic (exact) mass is 314 g/mol. The average molecular weight is 314 g/mol. The molecule has 1 N–H and O–H groups in total. The van der Waals surface area contributed by atoms with Crippen LogP contribution < -0.4 is 4.90 Å². The zero-order chi connectivity index (χ0) is 16.2. The zero-order valence-corrected chi connectivity index (χ0v) is 13.1. The van der Waals surface area contributed by atoms with E-state index in [2.05, 4.69) is 19.9 Å². The molecular weight excluding hydrogens is 296 g/mol. The van der Waals surface area contributed by atoms with Gasteiger partial charge in [-0.1, -0.05) is 0 Å². The minimum Gasteiger partial charge on any atom is -0.357 e. The van der Waals surface area contributed by atoms with E-state index in [4.69, 9.17) is 0 Å². The molecule has 120 valence electrons. The average Bonchev–Trinajstić information content (AvgIpc) is 3.12. The third-order valence-electron chi connectivity index (χ3n) is 5.13. The van der Waals surface area contributed by atoms with Gasteiger partial charge in [-0.15, -0.1) is 0 Å². The minimum absolute atomic E-state index is 0.0997. The van der Waals surface area contributed by atoms with Crippen molar-refractivity contribution in [1.82, 2.24) is 24.8 Å². The van der Waals surface area contributed by atoms with E-state index in [-0.39, 0.29) is 11.9 Å². The summed E-state index contributed by atoms with van der Waals surface area (Å²) in [6.45, 7) is 1.34. The first-order chi connectivity index (χ1) is 11.0. The number of urea groups is 1. The fraction of sp³-hybridized carbons (Fsp3) is 0.467. The SMILES string of the molecule is CN1C(=O)N(C)C2(CCN(c3ncnc4cc[nH]c34)CC2)C1=O. The summed E-state index contributed by atoms with van der Waals surface area (Å²) in [6.07, 6.45) is 4.60. The molecule has 0 aliphatic carbocycles. The molecule has 23 heavy (non-hydrogen) atoms. The highest BCUT2D eigenvalue weighted by Gasteiger charge is 2.55. The molecule has 0 aromatic carbocycles. The van der Waals surface area contributed by atoms with Crippen molar-refractivity contribution in [2.45, 2.75) is 18.4 Å². The number of carbonyl (C=O) groups is 2. The Morgan fingerprint density at radius 2 is 1.91 bits per heavy atom. The van der Waals surface area contributed by atoms with E-state index in [1.54, 1.807) is 25.3 Å². The highest BCUT2D eigenvalue weighted by atomic mass is 16.2. The number of likely N-dealkylation sites (N-methyl/N-ethyl adjacent to an activating group) is 2. The van der Waals surface area contributed by atoms with Crippen molar-refractivity contribution in [1.29, 1.82) is 0 Å². The summed E-state index contributed by atoms with van der Waals surface area (Å²) in [5.74, 6) is 0.750. The Labute approximate surface area is 133 Å². The summed E-state index contributed by atoms with van der Waals surface area (Å²) >= 11 is 0. The van der Waals surface area contributed by atoms with Crippen LogP contribution in [0.2, 0.25) is 0 Å². The maximum Gasteiger partial charge on any atom is 0.327 e. The van der Waals surface area contributed by atoms with Crippen LogP contribution in [-0.4, -0.2) is 69.4 Å². The Kier molecular flexibility index (Phi) is 2.84. The molecule has 8 heteroatoms. The first-order valence-electron chi connectivity index (χ1n) is 7.63. The number of imide groups is 1. The van der Waals surface area contributed by atoms with E-state index in [0.717, 1.165) is 16.9 Å². The highest BCUT2D eigenvalue weighted by molar-refractivity contribution is 6.06. The molecule has 2 aromatic rings. The largest absolute Gasteiger partial charge is 0.357 e. The zero-order valence-electron chi connectivity index (χ0n) is 13.1. The quantitative estimate of drug-likeness (QED) is 0.788. The van der Waals surface area contributed by atoms with Gasteiger partial charge in [-0.2, -0.15) is 0 Å². The second kappa shape index (κ2) is 4.68. The second-order valence-electron chi connectivity index (χ2n) is 6.16. The van der Waals surface area contributed by atoms with Gasteiger partial charge in [0.2, 0.25) is 0 Å². The van der Waals surface area contributed by atoms with Gasteiger partial charge in [0.25, 0.3) is 5.91 Å². The van der Waals surface area contributed by atoms with Crippen LogP contribution in [0.5, 0.6) is 0 Å². The Morgan fingerprint density at radius 3 is 2.57 bits per heavy atom. The van der Waals surface area contributed by atoms with Gasteiger partial charge in [0.15, 0.2) is 5.82 Å².